The van der Waals surface area contributed by atoms with Gasteiger partial charge in [-0.25, -0.2) is 4.79 Å². The van der Waals surface area contributed by atoms with Gasteiger partial charge in [-0.05, 0) is 44.1 Å². The lowest BCUT2D eigenvalue weighted by atomic mass is 9.93. The van der Waals surface area contributed by atoms with Crippen LogP contribution in [0.2, 0.25) is 0 Å². The molecule has 2 fully saturated rings. The lowest BCUT2D eigenvalue weighted by Crippen LogP contribution is -2.60. The monoisotopic (exact) mass is 461 g/mol. The van der Waals surface area contributed by atoms with Crippen LogP contribution in [-0.4, -0.2) is 64.8 Å². The number of hydrogen-bond acceptors (Lipinski definition) is 7. The summed E-state index contributed by atoms with van der Waals surface area (Å²) in [6.45, 7) is 0.982. The predicted molar refractivity (Wildman–Crippen MR) is 116 cm³/mol. The van der Waals surface area contributed by atoms with E-state index < -0.39 is 36.3 Å². The number of nitrogens with one attached hydrogen (secondary N) is 2. The van der Waals surface area contributed by atoms with E-state index in [1.54, 1.807) is 4.90 Å². The summed E-state index contributed by atoms with van der Waals surface area (Å²) in [6.07, 6.45) is 1.85. The van der Waals surface area contributed by atoms with Gasteiger partial charge in [0.25, 0.3) is 0 Å². The molecule has 3 N–H and O–H groups in total. The Morgan fingerprint density at radius 1 is 1.12 bits per heavy atom. The van der Waals surface area contributed by atoms with Crippen molar-refractivity contribution < 1.29 is 33.8 Å². The van der Waals surface area contributed by atoms with Crippen LogP contribution in [0.15, 0.2) is 30.3 Å². The molecular weight excluding hydrogens is 430 g/mol. The van der Waals surface area contributed by atoms with Crippen LogP contribution in [0.3, 0.4) is 0 Å². The van der Waals surface area contributed by atoms with Crippen LogP contribution >= 0.6 is 0 Å². The topological polar surface area (TPSA) is 134 Å². The molecule has 2 heterocycles. The second-order valence-corrected chi connectivity index (χ2v) is 8.34. The Bertz CT molecular complexity index is 848. The van der Waals surface area contributed by atoms with Gasteiger partial charge in [0.05, 0.1) is 6.54 Å². The molecule has 3 rings (SSSR count). The van der Waals surface area contributed by atoms with Gasteiger partial charge >= 0.3 is 12.1 Å². The zero-order valence-corrected chi connectivity index (χ0v) is 18.7. The molecular formula is C23H31N3O7. The van der Waals surface area contributed by atoms with E-state index in [2.05, 4.69) is 15.4 Å². The fourth-order valence-corrected chi connectivity index (χ4v) is 4.39. The number of aliphatic hydroxyl groups excluding tert-OH is 1. The highest BCUT2D eigenvalue weighted by Crippen LogP contribution is 2.30. The van der Waals surface area contributed by atoms with Gasteiger partial charge < -0.3 is 30.1 Å². The number of ether oxygens (including phenoxy) is 2. The van der Waals surface area contributed by atoms with Gasteiger partial charge in [0.1, 0.15) is 18.7 Å². The Balaban J connectivity index is 1.60. The predicted octanol–water partition coefficient (Wildman–Crippen LogP) is 1.21. The van der Waals surface area contributed by atoms with Gasteiger partial charge in [-0.15, -0.1) is 0 Å². The average Bonchev–Trinajstić information content (AvgIpc) is 2.95. The third kappa shape index (κ3) is 6.92. The summed E-state index contributed by atoms with van der Waals surface area (Å²) in [7, 11) is 0. The number of alkyl carbamates (subject to hydrolysis) is 1. The summed E-state index contributed by atoms with van der Waals surface area (Å²) in [5.74, 6) is -1.40. The first-order valence-electron chi connectivity index (χ1n) is 11.3. The lowest BCUT2D eigenvalue weighted by Gasteiger charge is -2.41. The van der Waals surface area contributed by atoms with Crippen LogP contribution in [-0.2, 0) is 30.5 Å². The largest absolute Gasteiger partial charge is 0.445 e. The first-order valence-corrected chi connectivity index (χ1v) is 11.3. The molecule has 1 aromatic rings. The molecule has 3 amide bonds. The van der Waals surface area contributed by atoms with Crippen LogP contribution in [0.1, 0.15) is 51.0 Å². The van der Waals surface area contributed by atoms with Gasteiger partial charge in [-0.1, -0.05) is 30.3 Å². The van der Waals surface area contributed by atoms with Gasteiger partial charge in [0.15, 0.2) is 0 Å². The van der Waals surface area contributed by atoms with Crippen LogP contribution in [0.4, 0.5) is 4.79 Å². The third-order valence-corrected chi connectivity index (χ3v) is 5.89. The molecule has 0 saturated carbocycles. The highest BCUT2D eigenvalue weighted by Gasteiger charge is 2.42. The quantitative estimate of drug-likeness (QED) is 0.410. The molecule has 0 radical (unpaired) electrons. The molecule has 0 spiro atoms. The SMILES string of the molecule is CC(=O)OC(O)CNC(=O)[C@@H]1CCCC2CCC[C@H](NC(=O)OCc3ccccc3)C(=O)N21. The maximum absolute atomic E-state index is 13.3. The number of carbonyl (C=O) groups excluding carboxylic acids is 4. The zero-order chi connectivity index (χ0) is 23.8. The normalized spacial score (nSPS) is 23.5. The molecule has 0 aromatic heterocycles. The second-order valence-electron chi connectivity index (χ2n) is 8.34. The summed E-state index contributed by atoms with van der Waals surface area (Å²) in [4.78, 5) is 51.0. The summed E-state index contributed by atoms with van der Waals surface area (Å²) >= 11 is 0. The number of hydrogen-bond donors (Lipinski definition) is 3. The van der Waals surface area contributed by atoms with Gasteiger partial charge in [0, 0.05) is 13.0 Å². The smallest absolute Gasteiger partial charge is 0.408 e. The number of aliphatic hydroxyl groups is 1. The van der Waals surface area contributed by atoms with Crippen molar-refractivity contribution in [2.45, 2.75) is 76.5 Å². The highest BCUT2D eigenvalue weighted by molar-refractivity contribution is 5.92. The molecule has 4 atom stereocenters. The summed E-state index contributed by atoms with van der Waals surface area (Å²) in [5.41, 5.74) is 0.837. The van der Waals surface area contributed by atoms with Crippen LogP contribution in [0.25, 0.3) is 0 Å². The van der Waals surface area contributed by atoms with Crippen molar-refractivity contribution in [3.8, 4) is 0 Å². The number of carbonyl (C=O) groups is 4. The van der Waals surface area contributed by atoms with Crippen molar-refractivity contribution in [3.05, 3.63) is 35.9 Å². The maximum atomic E-state index is 13.3. The van der Waals surface area contributed by atoms with E-state index in [4.69, 9.17) is 4.74 Å². The number of fused-ring (bicyclic) bond motifs is 1. The molecule has 1 aromatic carbocycles. The van der Waals surface area contributed by atoms with Crippen LogP contribution < -0.4 is 10.6 Å². The minimum absolute atomic E-state index is 0.0902. The Hall–Kier alpha value is -3.14. The number of piperidine rings is 1. The molecule has 0 bridgehead atoms. The Kier molecular flexibility index (Phi) is 8.65. The zero-order valence-electron chi connectivity index (χ0n) is 18.7. The fraction of sp³-hybridized carbons (Fsp3) is 0.565. The molecule has 180 valence electrons. The Labute approximate surface area is 192 Å². The van der Waals surface area contributed by atoms with Crippen molar-refractivity contribution in [1.29, 1.82) is 0 Å². The van der Waals surface area contributed by atoms with Crippen molar-refractivity contribution in [1.82, 2.24) is 15.5 Å². The van der Waals surface area contributed by atoms with E-state index in [0.29, 0.717) is 12.8 Å². The van der Waals surface area contributed by atoms with E-state index in [1.165, 1.54) is 0 Å². The first-order chi connectivity index (χ1) is 15.8. The van der Waals surface area contributed by atoms with E-state index in [9.17, 15) is 24.3 Å². The number of benzene rings is 1. The van der Waals surface area contributed by atoms with E-state index in [0.717, 1.165) is 38.2 Å². The molecule has 10 nitrogen and oxygen atoms in total. The van der Waals surface area contributed by atoms with Crippen molar-refractivity contribution >= 4 is 23.9 Å². The molecule has 0 aliphatic carbocycles. The second kappa shape index (κ2) is 11.6. The highest BCUT2D eigenvalue weighted by atomic mass is 16.6. The number of nitrogens with zero attached hydrogens (tertiary/aromatic N) is 1. The van der Waals surface area contributed by atoms with Crippen LogP contribution in [0.5, 0.6) is 0 Å². The summed E-state index contributed by atoms with van der Waals surface area (Å²) in [5, 5.41) is 14.9. The van der Waals surface area contributed by atoms with E-state index in [-0.39, 0.29) is 25.1 Å². The van der Waals surface area contributed by atoms with E-state index in [1.807, 2.05) is 30.3 Å². The standard InChI is InChI=1S/C23H31N3O7/c1-15(27)33-20(28)13-24-21(29)19-12-6-10-17-9-5-11-18(22(30)26(17)19)25-23(31)32-14-16-7-3-2-4-8-16/h2-4,7-8,17-20,28H,5-6,9-14H2,1H3,(H,24,29)(H,25,31)/t17?,18-,19-,20?/m0/s1. The lowest BCUT2D eigenvalue weighted by molar-refractivity contribution is -0.165. The Morgan fingerprint density at radius 2 is 1.82 bits per heavy atom. The molecule has 33 heavy (non-hydrogen) atoms. The van der Waals surface area contributed by atoms with Gasteiger partial charge in [-0.2, -0.15) is 0 Å². The molecule has 2 saturated heterocycles. The minimum Gasteiger partial charge on any atom is -0.445 e. The Morgan fingerprint density at radius 3 is 2.52 bits per heavy atom. The molecule has 2 aliphatic rings. The molecule has 2 aliphatic heterocycles. The fourth-order valence-electron chi connectivity index (χ4n) is 4.39. The third-order valence-electron chi connectivity index (χ3n) is 5.89. The number of esters is 1. The van der Waals surface area contributed by atoms with Crippen molar-refractivity contribution in [2.24, 2.45) is 0 Å². The van der Waals surface area contributed by atoms with Crippen molar-refractivity contribution in [3.63, 3.8) is 0 Å². The average molecular weight is 462 g/mol. The number of rotatable bonds is 7. The summed E-state index contributed by atoms with van der Waals surface area (Å²) < 4.78 is 9.87. The van der Waals surface area contributed by atoms with Crippen LogP contribution in [0, 0.1) is 0 Å². The maximum Gasteiger partial charge on any atom is 0.408 e. The minimum atomic E-state index is -1.46. The first kappa shape index (κ1) is 24.5. The summed E-state index contributed by atoms with van der Waals surface area (Å²) in [6, 6.07) is 7.64. The van der Waals surface area contributed by atoms with Crippen molar-refractivity contribution in [2.75, 3.05) is 6.54 Å². The molecule has 10 heteroatoms. The van der Waals surface area contributed by atoms with E-state index >= 15 is 0 Å². The molecule has 2 unspecified atom stereocenters. The van der Waals surface area contributed by atoms with Gasteiger partial charge in [-0.3, -0.25) is 14.4 Å². The van der Waals surface area contributed by atoms with Gasteiger partial charge in [0.2, 0.25) is 18.1 Å². The number of amides is 3.